The molecule has 0 fully saturated rings. The van der Waals surface area contributed by atoms with Crippen molar-refractivity contribution in [2.45, 2.75) is 20.8 Å². The molecule has 2 rings (SSSR count). The van der Waals surface area contributed by atoms with Crippen molar-refractivity contribution in [1.29, 1.82) is 0 Å². The molecule has 1 aromatic carbocycles. The predicted molar refractivity (Wildman–Crippen MR) is 75.8 cm³/mol. The summed E-state index contributed by atoms with van der Waals surface area (Å²) < 4.78 is 0. The Balaban J connectivity index is 2.48. The predicted octanol–water partition coefficient (Wildman–Crippen LogP) is 2.54. The van der Waals surface area contributed by atoms with Crippen molar-refractivity contribution in [2.75, 3.05) is 11.1 Å². The number of carbonyl (C=O) groups is 1. The zero-order chi connectivity index (χ0) is 14.0. The quantitative estimate of drug-likeness (QED) is 0.825. The first-order chi connectivity index (χ1) is 9.02. The van der Waals surface area contributed by atoms with E-state index in [1.807, 2.05) is 20.8 Å². The fourth-order valence-corrected chi connectivity index (χ4v) is 2.12. The summed E-state index contributed by atoms with van der Waals surface area (Å²) in [5.41, 5.74) is 10.3. The molecule has 0 bridgehead atoms. The molecule has 0 aliphatic heterocycles. The normalized spacial score (nSPS) is 10.3. The Kier molecular flexibility index (Phi) is 3.46. The molecule has 19 heavy (non-hydrogen) atoms. The van der Waals surface area contributed by atoms with E-state index in [1.165, 1.54) is 11.9 Å². The number of aldehydes is 1. The van der Waals surface area contributed by atoms with Gasteiger partial charge in [-0.1, -0.05) is 17.7 Å². The van der Waals surface area contributed by atoms with Crippen molar-refractivity contribution in [3.63, 3.8) is 0 Å². The molecule has 0 atom stereocenters. The number of aryl methyl sites for hydroxylation is 3. The summed E-state index contributed by atoms with van der Waals surface area (Å²) in [6.07, 6.45) is 2.00. The van der Waals surface area contributed by atoms with E-state index >= 15 is 0 Å². The topological polar surface area (TPSA) is 80.9 Å². The van der Waals surface area contributed by atoms with Crippen molar-refractivity contribution in [2.24, 2.45) is 0 Å². The molecule has 5 nitrogen and oxygen atoms in total. The lowest BCUT2D eigenvalue weighted by Crippen LogP contribution is -2.06. The molecule has 1 aromatic heterocycles. The molecular weight excluding hydrogens is 240 g/mol. The maximum Gasteiger partial charge on any atom is 0.157 e. The van der Waals surface area contributed by atoms with Crippen molar-refractivity contribution in [1.82, 2.24) is 9.97 Å². The summed E-state index contributed by atoms with van der Waals surface area (Å²) >= 11 is 0. The molecule has 0 radical (unpaired) electrons. The van der Waals surface area contributed by atoms with E-state index in [4.69, 9.17) is 5.73 Å². The van der Waals surface area contributed by atoms with Crippen LogP contribution in [0.25, 0.3) is 0 Å². The molecule has 0 saturated heterocycles. The van der Waals surface area contributed by atoms with Crippen LogP contribution < -0.4 is 11.1 Å². The third kappa shape index (κ3) is 2.54. The Morgan fingerprint density at radius 1 is 1.16 bits per heavy atom. The molecule has 0 spiro atoms. The number of nitrogens with zero attached hydrogens (tertiary/aromatic N) is 2. The van der Waals surface area contributed by atoms with Gasteiger partial charge < -0.3 is 11.1 Å². The average molecular weight is 256 g/mol. The molecule has 0 saturated carbocycles. The minimum Gasteiger partial charge on any atom is -0.383 e. The fourth-order valence-electron chi connectivity index (χ4n) is 2.12. The highest BCUT2D eigenvalue weighted by atomic mass is 16.1. The van der Waals surface area contributed by atoms with Crippen LogP contribution in [-0.4, -0.2) is 16.3 Å². The van der Waals surface area contributed by atoms with E-state index in [0.717, 1.165) is 16.8 Å². The Morgan fingerprint density at radius 2 is 1.79 bits per heavy atom. The molecule has 0 aliphatic carbocycles. The van der Waals surface area contributed by atoms with Crippen LogP contribution in [0.5, 0.6) is 0 Å². The Bertz CT molecular complexity index is 614. The maximum absolute atomic E-state index is 11.1. The van der Waals surface area contributed by atoms with Gasteiger partial charge in [0.05, 0.1) is 5.56 Å². The van der Waals surface area contributed by atoms with Crippen molar-refractivity contribution < 1.29 is 4.79 Å². The molecule has 3 N–H and O–H groups in total. The smallest absolute Gasteiger partial charge is 0.157 e. The van der Waals surface area contributed by atoms with E-state index < -0.39 is 0 Å². The molecule has 1 heterocycles. The number of benzene rings is 1. The lowest BCUT2D eigenvalue weighted by atomic mass is 10.0. The van der Waals surface area contributed by atoms with Crippen LogP contribution in [0, 0.1) is 20.8 Å². The molecule has 0 amide bonds. The summed E-state index contributed by atoms with van der Waals surface area (Å²) in [5.74, 6) is 0.604. The van der Waals surface area contributed by atoms with Gasteiger partial charge in [-0.05, 0) is 31.9 Å². The lowest BCUT2D eigenvalue weighted by molar-refractivity contribution is 0.112. The Labute approximate surface area is 111 Å². The number of nitrogens with two attached hydrogens (primary N) is 1. The fraction of sp³-hybridized carbons (Fsp3) is 0.214. The number of nitrogens with one attached hydrogen (secondary N) is 1. The Hall–Kier alpha value is -2.43. The summed E-state index contributed by atoms with van der Waals surface area (Å²) in [6, 6.07) is 4.14. The zero-order valence-electron chi connectivity index (χ0n) is 11.2. The van der Waals surface area contributed by atoms with Crippen molar-refractivity contribution in [3.8, 4) is 0 Å². The van der Waals surface area contributed by atoms with Crippen LogP contribution in [-0.2, 0) is 0 Å². The van der Waals surface area contributed by atoms with E-state index in [2.05, 4.69) is 27.4 Å². The van der Waals surface area contributed by atoms with Gasteiger partial charge in [0.15, 0.2) is 6.29 Å². The minimum atomic E-state index is 0.176. The number of hydrogen-bond acceptors (Lipinski definition) is 5. The second-order valence-electron chi connectivity index (χ2n) is 4.54. The Morgan fingerprint density at radius 3 is 2.37 bits per heavy atom. The van der Waals surface area contributed by atoms with Gasteiger partial charge in [0, 0.05) is 5.69 Å². The van der Waals surface area contributed by atoms with Gasteiger partial charge in [0.25, 0.3) is 0 Å². The van der Waals surface area contributed by atoms with Crippen LogP contribution in [0.15, 0.2) is 18.5 Å². The third-order valence-corrected chi connectivity index (χ3v) is 2.95. The highest BCUT2D eigenvalue weighted by molar-refractivity contribution is 5.90. The van der Waals surface area contributed by atoms with Crippen LogP contribution in [0.4, 0.5) is 17.3 Å². The lowest BCUT2D eigenvalue weighted by Gasteiger charge is -2.14. The molecule has 98 valence electrons. The van der Waals surface area contributed by atoms with Crippen LogP contribution in [0.1, 0.15) is 27.0 Å². The highest BCUT2D eigenvalue weighted by Crippen LogP contribution is 2.27. The number of rotatable bonds is 3. The van der Waals surface area contributed by atoms with Gasteiger partial charge in [-0.2, -0.15) is 0 Å². The van der Waals surface area contributed by atoms with Crippen LogP contribution in [0.3, 0.4) is 0 Å². The molecule has 0 unspecified atom stereocenters. The maximum atomic E-state index is 11.1. The van der Waals surface area contributed by atoms with E-state index in [1.54, 1.807) is 0 Å². The number of nitrogen functional groups attached to an aromatic ring is 1. The largest absolute Gasteiger partial charge is 0.383 e. The van der Waals surface area contributed by atoms with Gasteiger partial charge in [0.2, 0.25) is 0 Å². The van der Waals surface area contributed by atoms with Gasteiger partial charge in [0.1, 0.15) is 18.0 Å². The van der Waals surface area contributed by atoms with Crippen molar-refractivity contribution >= 4 is 23.6 Å². The summed E-state index contributed by atoms with van der Waals surface area (Å²) in [7, 11) is 0. The van der Waals surface area contributed by atoms with Gasteiger partial charge in [-0.25, -0.2) is 9.97 Å². The summed E-state index contributed by atoms with van der Waals surface area (Å²) in [6.45, 7) is 6.06. The molecule has 0 aliphatic rings. The van der Waals surface area contributed by atoms with E-state index in [9.17, 15) is 4.79 Å². The second-order valence-corrected chi connectivity index (χ2v) is 4.54. The van der Waals surface area contributed by atoms with Gasteiger partial charge >= 0.3 is 0 Å². The SMILES string of the molecule is Cc1cc(C)c(Nc2ncnc(N)c2C=O)c(C)c1. The first-order valence-corrected chi connectivity index (χ1v) is 5.93. The highest BCUT2D eigenvalue weighted by Gasteiger charge is 2.11. The summed E-state index contributed by atoms with van der Waals surface area (Å²) in [5, 5.41) is 3.17. The monoisotopic (exact) mass is 256 g/mol. The standard InChI is InChI=1S/C14H16N4O/c1-8-4-9(2)12(10(3)5-8)18-14-11(6-19)13(15)16-7-17-14/h4-7H,1-3H3,(H3,15,16,17,18). The minimum absolute atomic E-state index is 0.176. The molecular formula is C14H16N4O. The van der Waals surface area contributed by atoms with Gasteiger partial charge in [-0.15, -0.1) is 0 Å². The molecule has 2 aromatic rings. The number of carbonyl (C=O) groups excluding carboxylic acids is 1. The average Bonchev–Trinajstić information content (AvgIpc) is 2.34. The number of hydrogen-bond donors (Lipinski definition) is 2. The van der Waals surface area contributed by atoms with Crippen molar-refractivity contribution in [3.05, 3.63) is 40.7 Å². The number of aromatic nitrogens is 2. The van der Waals surface area contributed by atoms with Crippen LogP contribution in [0.2, 0.25) is 0 Å². The summed E-state index contributed by atoms with van der Waals surface area (Å²) in [4.78, 5) is 18.9. The van der Waals surface area contributed by atoms with Crippen LogP contribution >= 0.6 is 0 Å². The second kappa shape index (κ2) is 5.06. The first-order valence-electron chi connectivity index (χ1n) is 5.93. The molecule has 5 heteroatoms. The van der Waals surface area contributed by atoms with Gasteiger partial charge in [-0.3, -0.25) is 4.79 Å². The van der Waals surface area contributed by atoms with E-state index in [0.29, 0.717) is 12.1 Å². The third-order valence-electron chi connectivity index (χ3n) is 2.95. The first kappa shape index (κ1) is 13.0. The van der Waals surface area contributed by atoms with E-state index in [-0.39, 0.29) is 11.4 Å². The zero-order valence-corrected chi connectivity index (χ0v) is 11.2. The number of anilines is 3.